The summed E-state index contributed by atoms with van der Waals surface area (Å²) in [4.78, 5) is 6.95. The topological polar surface area (TPSA) is 82.8 Å². The van der Waals surface area contributed by atoms with Gasteiger partial charge in [-0.3, -0.25) is 9.67 Å². The van der Waals surface area contributed by atoms with E-state index in [1.165, 1.54) is 24.0 Å². The van der Waals surface area contributed by atoms with Gasteiger partial charge in [0.05, 0.1) is 11.1 Å². The molecule has 2 heterocycles. The number of rotatable bonds is 5. The van der Waals surface area contributed by atoms with E-state index >= 15 is 0 Å². The number of hydrogen-bond donors (Lipinski definition) is 1. The Bertz CT molecular complexity index is 934. The van der Waals surface area contributed by atoms with Crippen LogP contribution in [0.3, 0.4) is 0 Å². The third-order valence-corrected chi connectivity index (χ3v) is 6.88. The molecule has 2 aromatic rings. The normalized spacial score (nSPS) is 18.1. The van der Waals surface area contributed by atoms with Crippen LogP contribution >= 0.6 is 0 Å². The highest BCUT2D eigenvalue weighted by molar-refractivity contribution is 7.89. The van der Waals surface area contributed by atoms with E-state index in [-0.39, 0.29) is 0 Å². The maximum Gasteiger partial charge on any atom is 0.242 e. The number of nitrogens with zero attached hydrogens (tertiary/aromatic N) is 5. The summed E-state index contributed by atoms with van der Waals surface area (Å²) in [5.74, 6) is 1.32. The zero-order valence-corrected chi connectivity index (χ0v) is 17.6. The van der Waals surface area contributed by atoms with E-state index in [4.69, 9.17) is 0 Å². The van der Waals surface area contributed by atoms with Gasteiger partial charge in [0.1, 0.15) is 0 Å². The summed E-state index contributed by atoms with van der Waals surface area (Å²) in [5, 5.41) is 7.65. The van der Waals surface area contributed by atoms with E-state index in [0.717, 1.165) is 31.0 Å². The molecule has 0 aliphatic carbocycles. The first-order valence-corrected chi connectivity index (χ1v) is 10.7. The Morgan fingerprint density at radius 2 is 2.04 bits per heavy atom. The van der Waals surface area contributed by atoms with Crippen molar-refractivity contribution in [3.8, 4) is 0 Å². The maximum absolute atomic E-state index is 12.2. The minimum atomic E-state index is -3.40. The average molecular weight is 405 g/mol. The highest BCUT2D eigenvalue weighted by Gasteiger charge is 2.26. The Kier molecular flexibility index (Phi) is 6.04. The quantitative estimate of drug-likeness (QED) is 0.599. The van der Waals surface area contributed by atoms with Gasteiger partial charge in [-0.15, -0.1) is 0 Å². The molecule has 1 aromatic carbocycles. The molecule has 1 aliphatic rings. The van der Waals surface area contributed by atoms with Crippen molar-refractivity contribution >= 4 is 16.0 Å². The second-order valence-electron chi connectivity index (χ2n) is 7.21. The van der Waals surface area contributed by atoms with Crippen molar-refractivity contribution in [1.82, 2.24) is 24.3 Å². The van der Waals surface area contributed by atoms with Crippen LogP contribution in [-0.2, 0) is 23.6 Å². The molecule has 1 atom stereocenters. The number of nitrogens with one attached hydrogen (secondary N) is 1. The van der Waals surface area contributed by atoms with E-state index in [1.54, 1.807) is 19.2 Å². The smallest absolute Gasteiger partial charge is 0.242 e. The Morgan fingerprint density at radius 3 is 2.61 bits per heavy atom. The van der Waals surface area contributed by atoms with Gasteiger partial charge in [-0.2, -0.15) is 5.10 Å². The lowest BCUT2D eigenvalue weighted by Crippen LogP contribution is -2.39. The summed E-state index contributed by atoms with van der Waals surface area (Å²) < 4.78 is 27.4. The maximum atomic E-state index is 12.2. The lowest BCUT2D eigenvalue weighted by atomic mass is 10.0. The molecule has 0 spiro atoms. The van der Waals surface area contributed by atoms with Gasteiger partial charge in [0.25, 0.3) is 0 Å². The number of aryl methyl sites for hydroxylation is 1. The van der Waals surface area contributed by atoms with Crippen LogP contribution in [0.4, 0.5) is 0 Å². The van der Waals surface area contributed by atoms with Gasteiger partial charge in [0, 0.05) is 59.9 Å². The molecule has 0 radical (unpaired) electrons. The van der Waals surface area contributed by atoms with Crippen molar-refractivity contribution in [1.29, 1.82) is 0 Å². The third-order valence-electron chi connectivity index (χ3n) is 5.05. The van der Waals surface area contributed by atoms with Crippen molar-refractivity contribution in [3.05, 3.63) is 47.8 Å². The van der Waals surface area contributed by atoms with E-state index in [2.05, 4.69) is 26.5 Å². The number of sulfonamides is 1. The minimum absolute atomic E-state index is 0.296. The Hall–Kier alpha value is -2.39. The van der Waals surface area contributed by atoms with Crippen LogP contribution in [0.5, 0.6) is 0 Å². The molecule has 1 N–H and O–H groups in total. The van der Waals surface area contributed by atoms with Gasteiger partial charge < -0.3 is 10.2 Å². The van der Waals surface area contributed by atoms with Crippen LogP contribution in [-0.4, -0.2) is 67.6 Å². The number of benzene rings is 1. The molecular formula is C19H28N6O2S. The van der Waals surface area contributed by atoms with E-state index in [9.17, 15) is 8.42 Å². The molecule has 1 unspecified atom stereocenters. The number of guanidine groups is 1. The van der Waals surface area contributed by atoms with Gasteiger partial charge in [0.2, 0.25) is 10.0 Å². The van der Waals surface area contributed by atoms with Gasteiger partial charge in [0.15, 0.2) is 5.96 Å². The number of aromatic nitrogens is 2. The van der Waals surface area contributed by atoms with Gasteiger partial charge in [-0.05, 0) is 29.7 Å². The fourth-order valence-corrected chi connectivity index (χ4v) is 4.28. The number of aliphatic imine (C=N–C) groups is 1. The molecule has 1 saturated heterocycles. The van der Waals surface area contributed by atoms with Crippen LogP contribution in [0.2, 0.25) is 0 Å². The largest absolute Gasteiger partial charge is 0.352 e. The lowest BCUT2D eigenvalue weighted by molar-refractivity contribution is 0.486. The zero-order chi connectivity index (χ0) is 20.3. The second kappa shape index (κ2) is 8.32. The zero-order valence-electron chi connectivity index (χ0n) is 16.8. The van der Waals surface area contributed by atoms with E-state index in [0.29, 0.717) is 17.4 Å². The van der Waals surface area contributed by atoms with Gasteiger partial charge in [-0.1, -0.05) is 12.1 Å². The molecule has 28 heavy (non-hydrogen) atoms. The highest BCUT2D eigenvalue weighted by Crippen LogP contribution is 2.26. The molecular weight excluding hydrogens is 376 g/mol. The standard InChI is InChI=1S/C19H28N6O2S/c1-20-19(25-10-9-16(14-25)17-12-22-24(4)13-17)21-11-15-5-7-18(8-6-15)28(26,27)23(2)3/h5-8,12-13,16H,9-11,14H2,1-4H3,(H,20,21). The van der Waals surface area contributed by atoms with E-state index < -0.39 is 10.0 Å². The molecule has 1 aromatic heterocycles. The SMILES string of the molecule is CN=C(NCc1ccc(S(=O)(=O)N(C)C)cc1)N1CCC(c2cnn(C)c2)C1. The molecule has 8 nitrogen and oxygen atoms in total. The Balaban J connectivity index is 1.59. The fraction of sp³-hybridized carbons (Fsp3) is 0.474. The van der Waals surface area contributed by atoms with E-state index in [1.807, 2.05) is 30.1 Å². The van der Waals surface area contributed by atoms with Gasteiger partial charge in [-0.25, -0.2) is 12.7 Å². The molecule has 3 rings (SSSR count). The predicted molar refractivity (Wildman–Crippen MR) is 110 cm³/mol. The van der Waals surface area contributed by atoms with Crippen LogP contribution < -0.4 is 5.32 Å². The lowest BCUT2D eigenvalue weighted by Gasteiger charge is -2.21. The monoisotopic (exact) mass is 404 g/mol. The summed E-state index contributed by atoms with van der Waals surface area (Å²) in [6, 6.07) is 6.95. The van der Waals surface area contributed by atoms with Crippen molar-refractivity contribution < 1.29 is 8.42 Å². The molecule has 1 fully saturated rings. The fourth-order valence-electron chi connectivity index (χ4n) is 3.38. The highest BCUT2D eigenvalue weighted by atomic mass is 32.2. The Labute approximate surface area is 166 Å². The molecule has 1 aliphatic heterocycles. The molecule has 152 valence electrons. The minimum Gasteiger partial charge on any atom is -0.352 e. The average Bonchev–Trinajstić information content (AvgIpc) is 3.32. The summed E-state index contributed by atoms with van der Waals surface area (Å²) >= 11 is 0. The van der Waals surface area contributed by atoms with Crippen molar-refractivity contribution in [2.75, 3.05) is 34.2 Å². The summed E-state index contributed by atoms with van der Waals surface area (Å²) in [6.07, 6.45) is 5.09. The summed E-state index contributed by atoms with van der Waals surface area (Å²) in [7, 11) is 3.38. The molecule has 0 bridgehead atoms. The predicted octanol–water partition coefficient (Wildman–Crippen LogP) is 1.24. The third kappa shape index (κ3) is 4.36. The number of hydrogen-bond acceptors (Lipinski definition) is 4. The first-order valence-electron chi connectivity index (χ1n) is 9.27. The summed E-state index contributed by atoms with van der Waals surface area (Å²) in [5.41, 5.74) is 2.26. The van der Waals surface area contributed by atoms with Crippen molar-refractivity contribution in [2.24, 2.45) is 12.0 Å². The Morgan fingerprint density at radius 1 is 1.32 bits per heavy atom. The first-order chi connectivity index (χ1) is 13.3. The second-order valence-corrected chi connectivity index (χ2v) is 9.36. The first kappa shape index (κ1) is 20.3. The molecule has 0 amide bonds. The van der Waals surface area contributed by atoms with Crippen LogP contribution in [0.15, 0.2) is 46.5 Å². The molecule has 9 heteroatoms. The summed E-state index contributed by atoms with van der Waals surface area (Å²) in [6.45, 7) is 2.44. The van der Waals surface area contributed by atoms with Crippen LogP contribution in [0.25, 0.3) is 0 Å². The van der Waals surface area contributed by atoms with Crippen LogP contribution in [0, 0.1) is 0 Å². The molecule has 0 saturated carbocycles. The van der Waals surface area contributed by atoms with Gasteiger partial charge >= 0.3 is 0 Å². The van der Waals surface area contributed by atoms with Crippen LogP contribution in [0.1, 0.15) is 23.5 Å². The number of likely N-dealkylation sites (tertiary alicyclic amines) is 1. The van der Waals surface area contributed by atoms with Crippen molar-refractivity contribution in [3.63, 3.8) is 0 Å². The van der Waals surface area contributed by atoms with Crippen molar-refractivity contribution in [2.45, 2.75) is 23.8 Å².